The zero-order chi connectivity index (χ0) is 16.6. The molecule has 116 valence electrons. The molecule has 0 radical (unpaired) electrons. The summed E-state index contributed by atoms with van der Waals surface area (Å²) >= 11 is 3.26. The lowest BCUT2D eigenvalue weighted by Gasteiger charge is -2.11. The van der Waals surface area contributed by atoms with E-state index in [0.717, 1.165) is 22.2 Å². The van der Waals surface area contributed by atoms with Gasteiger partial charge in [0.05, 0.1) is 16.8 Å². The van der Waals surface area contributed by atoms with Gasteiger partial charge in [0.25, 0.3) is 5.91 Å². The van der Waals surface area contributed by atoms with Crippen molar-refractivity contribution in [3.8, 4) is 0 Å². The first-order valence-electron chi connectivity index (χ1n) is 7.08. The zero-order valence-electron chi connectivity index (χ0n) is 12.7. The van der Waals surface area contributed by atoms with Crippen molar-refractivity contribution in [1.29, 1.82) is 0 Å². The molecule has 0 spiro atoms. The highest BCUT2D eigenvalue weighted by Gasteiger charge is 2.14. The molecule has 2 aromatic carbocycles. The predicted octanol–water partition coefficient (Wildman–Crippen LogP) is 5.01. The molecular formula is C18H14BrFN2O. The second kappa shape index (κ2) is 6.08. The molecule has 1 N–H and O–H groups in total. The maximum absolute atomic E-state index is 13.2. The molecule has 0 aliphatic heterocycles. The summed E-state index contributed by atoms with van der Waals surface area (Å²) in [5.41, 5.74) is 3.67. The van der Waals surface area contributed by atoms with Gasteiger partial charge < -0.3 is 5.32 Å². The van der Waals surface area contributed by atoms with Crippen LogP contribution in [0.3, 0.4) is 0 Å². The van der Waals surface area contributed by atoms with Crippen LogP contribution in [0.4, 0.5) is 10.1 Å². The number of hydrogen-bond donors (Lipinski definition) is 1. The average molecular weight is 373 g/mol. The van der Waals surface area contributed by atoms with Crippen molar-refractivity contribution in [2.45, 2.75) is 13.8 Å². The van der Waals surface area contributed by atoms with Gasteiger partial charge in [-0.3, -0.25) is 9.78 Å². The molecule has 0 saturated carbocycles. The molecule has 1 heterocycles. The number of carbonyl (C=O) groups excluding carboxylic acids is 1. The monoisotopic (exact) mass is 372 g/mol. The van der Waals surface area contributed by atoms with Crippen LogP contribution in [0.5, 0.6) is 0 Å². The quantitative estimate of drug-likeness (QED) is 0.687. The number of hydrogen-bond acceptors (Lipinski definition) is 2. The van der Waals surface area contributed by atoms with E-state index in [1.807, 2.05) is 32.0 Å². The van der Waals surface area contributed by atoms with Crippen LogP contribution in [-0.4, -0.2) is 10.9 Å². The van der Waals surface area contributed by atoms with Crippen molar-refractivity contribution in [3.63, 3.8) is 0 Å². The molecule has 23 heavy (non-hydrogen) atoms. The second-order valence-electron chi connectivity index (χ2n) is 5.41. The first-order valence-corrected chi connectivity index (χ1v) is 7.88. The van der Waals surface area contributed by atoms with E-state index in [4.69, 9.17) is 0 Å². The number of anilines is 1. The van der Waals surface area contributed by atoms with Crippen LogP contribution in [0.25, 0.3) is 10.9 Å². The Labute approximate surface area is 141 Å². The second-order valence-corrected chi connectivity index (χ2v) is 6.26. The molecular weight excluding hydrogens is 359 g/mol. The fourth-order valence-electron chi connectivity index (χ4n) is 2.44. The molecule has 3 aromatic rings. The molecule has 0 fully saturated rings. The first-order chi connectivity index (χ1) is 10.9. The smallest absolute Gasteiger partial charge is 0.256 e. The Kier molecular flexibility index (Phi) is 4.13. The SMILES string of the molecule is Cc1ccc2nc(C)cc(C(=O)Nc3ccc(F)cc3Br)c2c1. The summed E-state index contributed by atoms with van der Waals surface area (Å²) in [4.78, 5) is 17.1. The van der Waals surface area contributed by atoms with Gasteiger partial charge in [-0.15, -0.1) is 0 Å². The summed E-state index contributed by atoms with van der Waals surface area (Å²) < 4.78 is 13.7. The minimum absolute atomic E-state index is 0.251. The number of nitrogens with zero attached hydrogens (tertiary/aromatic N) is 1. The molecule has 0 aliphatic rings. The average Bonchev–Trinajstić information content (AvgIpc) is 2.49. The summed E-state index contributed by atoms with van der Waals surface area (Å²) in [6.07, 6.45) is 0. The molecule has 3 nitrogen and oxygen atoms in total. The van der Waals surface area contributed by atoms with E-state index in [2.05, 4.69) is 26.2 Å². The van der Waals surface area contributed by atoms with Gasteiger partial charge >= 0.3 is 0 Å². The van der Waals surface area contributed by atoms with Crippen LogP contribution in [0.2, 0.25) is 0 Å². The topological polar surface area (TPSA) is 42.0 Å². The number of nitrogens with one attached hydrogen (secondary N) is 1. The van der Waals surface area contributed by atoms with E-state index in [0.29, 0.717) is 15.7 Å². The Morgan fingerprint density at radius 3 is 2.65 bits per heavy atom. The van der Waals surface area contributed by atoms with Gasteiger partial charge in [-0.1, -0.05) is 11.6 Å². The minimum atomic E-state index is -0.365. The Balaban J connectivity index is 2.05. The Hall–Kier alpha value is -2.27. The highest BCUT2D eigenvalue weighted by Crippen LogP contribution is 2.25. The van der Waals surface area contributed by atoms with Crippen molar-refractivity contribution in [3.05, 3.63) is 69.6 Å². The standard InChI is InChI=1S/C18H14BrFN2O/c1-10-3-5-16-13(7-10)14(8-11(2)21-16)18(23)22-17-6-4-12(20)9-15(17)19/h3-9H,1-2H3,(H,22,23). The largest absolute Gasteiger partial charge is 0.321 e. The summed E-state index contributed by atoms with van der Waals surface area (Å²) in [5, 5.41) is 3.61. The van der Waals surface area contributed by atoms with Crippen LogP contribution in [0.15, 0.2) is 46.9 Å². The molecule has 0 aliphatic carbocycles. The third kappa shape index (κ3) is 3.24. The fraction of sp³-hybridized carbons (Fsp3) is 0.111. The van der Waals surface area contributed by atoms with E-state index in [-0.39, 0.29) is 11.7 Å². The maximum atomic E-state index is 13.2. The molecule has 0 atom stereocenters. The van der Waals surface area contributed by atoms with Crippen molar-refractivity contribution in [2.75, 3.05) is 5.32 Å². The third-order valence-electron chi connectivity index (χ3n) is 3.52. The minimum Gasteiger partial charge on any atom is -0.321 e. The van der Waals surface area contributed by atoms with Gasteiger partial charge in [-0.25, -0.2) is 4.39 Å². The molecule has 0 bridgehead atoms. The molecule has 0 unspecified atom stereocenters. The Morgan fingerprint density at radius 1 is 1.13 bits per heavy atom. The highest BCUT2D eigenvalue weighted by atomic mass is 79.9. The number of fused-ring (bicyclic) bond motifs is 1. The van der Waals surface area contributed by atoms with E-state index >= 15 is 0 Å². The Morgan fingerprint density at radius 2 is 1.91 bits per heavy atom. The molecule has 0 saturated heterocycles. The molecule has 1 aromatic heterocycles. The summed E-state index contributed by atoms with van der Waals surface area (Å²) in [7, 11) is 0. The summed E-state index contributed by atoms with van der Waals surface area (Å²) in [6.45, 7) is 3.82. The number of aromatic nitrogens is 1. The molecule has 5 heteroatoms. The predicted molar refractivity (Wildman–Crippen MR) is 93.3 cm³/mol. The lowest BCUT2D eigenvalue weighted by molar-refractivity contribution is 0.102. The van der Waals surface area contributed by atoms with Crippen LogP contribution in [0, 0.1) is 19.7 Å². The van der Waals surface area contributed by atoms with Crippen molar-refractivity contribution >= 4 is 38.4 Å². The third-order valence-corrected chi connectivity index (χ3v) is 4.17. The Bertz CT molecular complexity index is 924. The lowest BCUT2D eigenvalue weighted by Crippen LogP contribution is -2.13. The van der Waals surface area contributed by atoms with Crippen LogP contribution < -0.4 is 5.32 Å². The highest BCUT2D eigenvalue weighted by molar-refractivity contribution is 9.10. The van der Waals surface area contributed by atoms with E-state index in [9.17, 15) is 9.18 Å². The van der Waals surface area contributed by atoms with E-state index < -0.39 is 0 Å². The van der Waals surface area contributed by atoms with Crippen molar-refractivity contribution < 1.29 is 9.18 Å². The van der Waals surface area contributed by atoms with Gasteiger partial charge in [0.15, 0.2) is 0 Å². The van der Waals surface area contributed by atoms with Crippen molar-refractivity contribution in [1.82, 2.24) is 4.98 Å². The molecule has 3 rings (SSSR count). The first kappa shape index (κ1) is 15.6. The summed E-state index contributed by atoms with van der Waals surface area (Å²) in [6, 6.07) is 11.7. The van der Waals surface area contributed by atoms with Gasteiger partial charge in [0, 0.05) is 15.6 Å². The fourth-order valence-corrected chi connectivity index (χ4v) is 2.89. The normalized spacial score (nSPS) is 10.8. The number of pyridine rings is 1. The number of amides is 1. The van der Waals surface area contributed by atoms with Crippen LogP contribution in [-0.2, 0) is 0 Å². The van der Waals surface area contributed by atoms with Crippen LogP contribution in [0.1, 0.15) is 21.6 Å². The van der Waals surface area contributed by atoms with Gasteiger partial charge in [0.2, 0.25) is 0 Å². The van der Waals surface area contributed by atoms with Gasteiger partial charge in [-0.05, 0) is 66.2 Å². The number of aryl methyl sites for hydroxylation is 2. The van der Waals surface area contributed by atoms with E-state index in [1.165, 1.54) is 18.2 Å². The number of carbonyl (C=O) groups is 1. The summed E-state index contributed by atoms with van der Waals surface area (Å²) in [5.74, 6) is -0.617. The zero-order valence-corrected chi connectivity index (χ0v) is 14.2. The van der Waals surface area contributed by atoms with E-state index in [1.54, 1.807) is 6.07 Å². The van der Waals surface area contributed by atoms with Crippen LogP contribution >= 0.6 is 15.9 Å². The lowest BCUT2D eigenvalue weighted by atomic mass is 10.0. The van der Waals surface area contributed by atoms with Gasteiger partial charge in [-0.2, -0.15) is 0 Å². The maximum Gasteiger partial charge on any atom is 0.256 e. The number of rotatable bonds is 2. The van der Waals surface area contributed by atoms with Crippen molar-refractivity contribution in [2.24, 2.45) is 0 Å². The molecule has 1 amide bonds. The van der Waals surface area contributed by atoms with Gasteiger partial charge in [0.1, 0.15) is 5.82 Å². The number of benzene rings is 2. The number of halogens is 2.